The lowest BCUT2D eigenvalue weighted by atomic mass is 10.0. The number of aliphatic hydroxyl groups is 1. The summed E-state index contributed by atoms with van der Waals surface area (Å²) >= 11 is 3.52. The predicted octanol–water partition coefficient (Wildman–Crippen LogP) is 1.92. The lowest BCUT2D eigenvalue weighted by Gasteiger charge is -2.26. The molecule has 1 N–H and O–H groups in total. The van der Waals surface area contributed by atoms with E-state index in [0.717, 1.165) is 49.3 Å². The number of benzene rings is 1. The van der Waals surface area contributed by atoms with Gasteiger partial charge in [-0.05, 0) is 30.5 Å². The number of halogens is 1. The number of carbonyl (C=O) groups is 1. The van der Waals surface area contributed by atoms with Crippen LogP contribution in [0.4, 0.5) is 0 Å². The van der Waals surface area contributed by atoms with E-state index in [1.165, 1.54) is 0 Å². The van der Waals surface area contributed by atoms with Gasteiger partial charge in [-0.1, -0.05) is 28.1 Å². The zero-order valence-electron chi connectivity index (χ0n) is 12.8. The van der Waals surface area contributed by atoms with Gasteiger partial charge in [0.2, 0.25) is 0 Å². The van der Waals surface area contributed by atoms with Crippen molar-refractivity contribution < 1.29 is 19.4 Å². The van der Waals surface area contributed by atoms with Crippen molar-refractivity contribution in [2.75, 3.05) is 39.5 Å². The average molecular weight is 372 g/mol. The summed E-state index contributed by atoms with van der Waals surface area (Å²) in [7, 11) is 0. The molecule has 1 unspecified atom stereocenters. The van der Waals surface area contributed by atoms with E-state index in [9.17, 15) is 9.90 Å². The highest BCUT2D eigenvalue weighted by Crippen LogP contribution is 2.24. The minimum Gasteiger partial charge on any atom is -0.464 e. The van der Waals surface area contributed by atoms with E-state index in [4.69, 9.17) is 9.47 Å². The molecule has 2 rings (SSSR count). The van der Waals surface area contributed by atoms with Crippen molar-refractivity contribution in [3.8, 4) is 0 Å². The van der Waals surface area contributed by atoms with Crippen LogP contribution in [0.2, 0.25) is 0 Å². The molecule has 1 heterocycles. The Hall–Kier alpha value is -0.950. The van der Waals surface area contributed by atoms with Crippen molar-refractivity contribution in [3.05, 3.63) is 33.8 Å². The molecule has 0 radical (unpaired) electrons. The number of carbonyl (C=O) groups excluding carboxylic acids is 1. The highest BCUT2D eigenvalue weighted by molar-refractivity contribution is 9.10. The smallest absolute Gasteiger partial charge is 0.339 e. The first-order valence-electron chi connectivity index (χ1n) is 7.55. The van der Waals surface area contributed by atoms with Crippen molar-refractivity contribution >= 4 is 21.9 Å². The molecule has 0 saturated carbocycles. The van der Waals surface area contributed by atoms with Crippen molar-refractivity contribution in [2.24, 2.45) is 0 Å². The zero-order chi connectivity index (χ0) is 15.9. The molecule has 0 spiro atoms. The van der Waals surface area contributed by atoms with E-state index in [-0.39, 0.29) is 6.61 Å². The van der Waals surface area contributed by atoms with Gasteiger partial charge in [-0.3, -0.25) is 4.90 Å². The number of esters is 1. The number of ether oxygens (including phenoxy) is 2. The second kappa shape index (κ2) is 8.62. The van der Waals surface area contributed by atoms with Gasteiger partial charge in [0.25, 0.3) is 0 Å². The van der Waals surface area contributed by atoms with Gasteiger partial charge in [-0.2, -0.15) is 0 Å². The molecule has 0 amide bonds. The van der Waals surface area contributed by atoms with Crippen LogP contribution >= 0.6 is 15.9 Å². The van der Waals surface area contributed by atoms with Gasteiger partial charge in [0.1, 0.15) is 0 Å². The number of aliphatic hydroxyl groups excluding tert-OH is 1. The van der Waals surface area contributed by atoms with E-state index < -0.39 is 12.1 Å². The van der Waals surface area contributed by atoms with Crippen molar-refractivity contribution in [3.63, 3.8) is 0 Å². The van der Waals surface area contributed by atoms with Crippen molar-refractivity contribution in [2.45, 2.75) is 19.4 Å². The molecule has 1 saturated heterocycles. The lowest BCUT2D eigenvalue weighted by molar-refractivity contribution is -0.153. The van der Waals surface area contributed by atoms with Gasteiger partial charge in [0.05, 0.1) is 19.8 Å². The van der Waals surface area contributed by atoms with Crippen LogP contribution in [0.3, 0.4) is 0 Å². The number of hydrogen-bond donors (Lipinski definition) is 1. The van der Waals surface area contributed by atoms with E-state index in [0.29, 0.717) is 5.56 Å². The summed E-state index contributed by atoms with van der Waals surface area (Å²) in [6, 6.07) is 5.51. The van der Waals surface area contributed by atoms with Crippen LogP contribution < -0.4 is 0 Å². The van der Waals surface area contributed by atoms with Crippen LogP contribution in [-0.2, 0) is 20.7 Å². The Bertz CT molecular complexity index is 503. The number of nitrogens with zero attached hydrogens (tertiary/aromatic N) is 1. The second-order valence-corrected chi connectivity index (χ2v) is 6.06. The summed E-state index contributed by atoms with van der Waals surface area (Å²) < 4.78 is 11.1. The van der Waals surface area contributed by atoms with Gasteiger partial charge >= 0.3 is 5.97 Å². The first-order valence-corrected chi connectivity index (χ1v) is 8.34. The fraction of sp³-hybridized carbons (Fsp3) is 0.562. The van der Waals surface area contributed by atoms with Crippen LogP contribution in [0, 0.1) is 0 Å². The molecule has 1 atom stereocenters. The fourth-order valence-electron chi connectivity index (χ4n) is 2.40. The van der Waals surface area contributed by atoms with Crippen LogP contribution in [-0.4, -0.2) is 55.4 Å². The number of rotatable bonds is 6. The van der Waals surface area contributed by atoms with Crippen molar-refractivity contribution in [1.82, 2.24) is 4.90 Å². The summed E-state index contributed by atoms with van der Waals surface area (Å²) in [6.45, 7) is 6.48. The number of hydrogen-bond acceptors (Lipinski definition) is 5. The Balaban J connectivity index is 1.95. The first-order chi connectivity index (χ1) is 10.6. The summed E-state index contributed by atoms with van der Waals surface area (Å²) in [5.41, 5.74) is 1.70. The molecule has 22 heavy (non-hydrogen) atoms. The standard InChI is InChI=1S/C16H22BrNO4/c1-2-22-16(20)15(19)13-4-3-12(14(17)11-13)5-6-18-7-9-21-10-8-18/h3-4,11,15,19H,2,5-10H2,1H3. The quantitative estimate of drug-likeness (QED) is 0.774. The molecule has 1 aromatic rings. The highest BCUT2D eigenvalue weighted by Gasteiger charge is 2.19. The maximum atomic E-state index is 11.6. The van der Waals surface area contributed by atoms with Crippen LogP contribution in [0.25, 0.3) is 0 Å². The Labute approximate surface area is 139 Å². The Morgan fingerprint density at radius 2 is 2.18 bits per heavy atom. The van der Waals surface area contributed by atoms with Gasteiger partial charge in [0, 0.05) is 24.1 Å². The van der Waals surface area contributed by atoms with E-state index in [1.54, 1.807) is 19.1 Å². The topological polar surface area (TPSA) is 59.0 Å². The maximum absolute atomic E-state index is 11.6. The van der Waals surface area contributed by atoms with E-state index >= 15 is 0 Å². The third kappa shape index (κ3) is 4.78. The molecule has 122 valence electrons. The zero-order valence-corrected chi connectivity index (χ0v) is 14.3. The third-order valence-electron chi connectivity index (χ3n) is 3.70. The van der Waals surface area contributed by atoms with E-state index in [1.807, 2.05) is 6.07 Å². The molecule has 0 aliphatic carbocycles. The highest BCUT2D eigenvalue weighted by atomic mass is 79.9. The van der Waals surface area contributed by atoms with Crippen LogP contribution in [0.1, 0.15) is 24.2 Å². The molecule has 0 aromatic heterocycles. The van der Waals surface area contributed by atoms with E-state index in [2.05, 4.69) is 20.8 Å². The predicted molar refractivity (Wildman–Crippen MR) is 86.7 cm³/mol. The third-order valence-corrected chi connectivity index (χ3v) is 4.44. The average Bonchev–Trinajstić information content (AvgIpc) is 2.54. The molecule has 1 aliphatic rings. The largest absolute Gasteiger partial charge is 0.464 e. The molecular formula is C16H22BrNO4. The molecule has 5 nitrogen and oxygen atoms in total. The van der Waals surface area contributed by atoms with Gasteiger partial charge < -0.3 is 14.6 Å². The van der Waals surface area contributed by atoms with Gasteiger partial charge in [0.15, 0.2) is 6.10 Å². The SMILES string of the molecule is CCOC(=O)C(O)c1ccc(CCN2CCOCC2)c(Br)c1. The van der Waals surface area contributed by atoms with Crippen LogP contribution in [0.15, 0.2) is 22.7 Å². The van der Waals surface area contributed by atoms with Crippen LogP contribution in [0.5, 0.6) is 0 Å². The molecule has 1 aromatic carbocycles. The lowest BCUT2D eigenvalue weighted by Crippen LogP contribution is -2.37. The first kappa shape index (κ1) is 17.4. The monoisotopic (exact) mass is 371 g/mol. The minimum atomic E-state index is -1.23. The molecule has 1 fully saturated rings. The molecular weight excluding hydrogens is 350 g/mol. The minimum absolute atomic E-state index is 0.259. The van der Waals surface area contributed by atoms with Gasteiger partial charge in [-0.25, -0.2) is 4.79 Å². The Morgan fingerprint density at radius 1 is 1.45 bits per heavy atom. The molecule has 0 bridgehead atoms. The Morgan fingerprint density at radius 3 is 2.82 bits per heavy atom. The fourth-order valence-corrected chi connectivity index (χ4v) is 2.99. The molecule has 1 aliphatic heterocycles. The number of morpholine rings is 1. The summed E-state index contributed by atoms with van der Waals surface area (Å²) in [5, 5.41) is 9.95. The van der Waals surface area contributed by atoms with Gasteiger partial charge in [-0.15, -0.1) is 0 Å². The normalized spacial score (nSPS) is 17.2. The maximum Gasteiger partial charge on any atom is 0.339 e. The summed E-state index contributed by atoms with van der Waals surface area (Å²) in [5.74, 6) is -0.615. The molecule has 6 heteroatoms. The Kier molecular flexibility index (Phi) is 6.82. The summed E-state index contributed by atoms with van der Waals surface area (Å²) in [6.07, 6.45) is -0.319. The summed E-state index contributed by atoms with van der Waals surface area (Å²) in [4.78, 5) is 13.9. The van der Waals surface area contributed by atoms with Crippen molar-refractivity contribution in [1.29, 1.82) is 0 Å². The second-order valence-electron chi connectivity index (χ2n) is 5.21.